The van der Waals surface area contributed by atoms with Crippen LogP contribution in [-0.2, 0) is 4.79 Å². The highest BCUT2D eigenvalue weighted by atomic mass is 32.2. The van der Waals surface area contributed by atoms with Crippen LogP contribution in [0.4, 0.5) is 0 Å². The van der Waals surface area contributed by atoms with Crippen LogP contribution in [0.25, 0.3) is 17.1 Å². The fourth-order valence-corrected chi connectivity index (χ4v) is 4.95. The minimum atomic E-state index is -0.228. The van der Waals surface area contributed by atoms with Gasteiger partial charge in [-0.15, -0.1) is 10.2 Å². The van der Waals surface area contributed by atoms with Gasteiger partial charge in [-0.1, -0.05) is 43.8 Å². The number of likely N-dealkylation sites (tertiary alicyclic amines) is 1. The Morgan fingerprint density at radius 3 is 2.48 bits per heavy atom. The van der Waals surface area contributed by atoms with E-state index in [9.17, 15) is 4.79 Å². The van der Waals surface area contributed by atoms with E-state index in [1.807, 2.05) is 30.0 Å². The minimum absolute atomic E-state index is 0.180. The quantitative estimate of drug-likeness (QED) is 0.513. The molecule has 1 aliphatic heterocycles. The Hall–Kier alpha value is -2.67. The first kappa shape index (κ1) is 21.6. The first-order valence-electron chi connectivity index (χ1n) is 11.0. The van der Waals surface area contributed by atoms with Gasteiger partial charge in [0.2, 0.25) is 5.91 Å². The van der Waals surface area contributed by atoms with Gasteiger partial charge in [-0.05, 0) is 55.9 Å². The molecule has 0 aliphatic carbocycles. The van der Waals surface area contributed by atoms with Crippen molar-refractivity contribution in [2.75, 3.05) is 13.1 Å². The summed E-state index contributed by atoms with van der Waals surface area (Å²) in [5.74, 6) is 1.26. The minimum Gasteiger partial charge on any atom is -0.342 e. The molecule has 0 spiro atoms. The summed E-state index contributed by atoms with van der Waals surface area (Å²) in [6.45, 7) is 8.05. The summed E-state index contributed by atoms with van der Waals surface area (Å²) in [7, 11) is 0. The number of carbonyl (C=O) groups excluding carboxylic acids is 1. The third kappa shape index (κ3) is 4.66. The lowest BCUT2D eigenvalue weighted by Crippen LogP contribution is -2.40. The van der Waals surface area contributed by atoms with Gasteiger partial charge in [0.05, 0.1) is 10.9 Å². The lowest BCUT2D eigenvalue weighted by atomic mass is 10.0. The molecule has 3 aromatic rings. The number of aromatic nitrogens is 4. The Labute approximate surface area is 188 Å². The van der Waals surface area contributed by atoms with Crippen molar-refractivity contribution in [3.05, 3.63) is 54.4 Å². The number of thioether (sulfide) groups is 1. The molecule has 1 amide bonds. The molecule has 1 fully saturated rings. The SMILES string of the molecule is CC(Sc1nnc(-c2cccnc2)n1-c1ccccc1C(C)C)C(=O)N1CCCCC1. The Morgan fingerprint density at radius 1 is 1.00 bits per heavy atom. The molecule has 162 valence electrons. The van der Waals surface area contributed by atoms with Gasteiger partial charge in [0, 0.05) is 31.0 Å². The first-order chi connectivity index (χ1) is 15.1. The second-order valence-electron chi connectivity index (χ2n) is 8.24. The zero-order valence-corrected chi connectivity index (χ0v) is 19.2. The predicted molar refractivity (Wildman–Crippen MR) is 124 cm³/mol. The summed E-state index contributed by atoms with van der Waals surface area (Å²) in [4.78, 5) is 19.3. The van der Waals surface area contributed by atoms with Crippen molar-refractivity contribution in [3.63, 3.8) is 0 Å². The Kier molecular flexibility index (Phi) is 6.70. The van der Waals surface area contributed by atoms with Crippen LogP contribution >= 0.6 is 11.8 Å². The van der Waals surface area contributed by atoms with Crippen molar-refractivity contribution < 1.29 is 4.79 Å². The smallest absolute Gasteiger partial charge is 0.235 e. The summed E-state index contributed by atoms with van der Waals surface area (Å²) in [5, 5.41) is 9.53. The van der Waals surface area contributed by atoms with E-state index in [4.69, 9.17) is 0 Å². The zero-order chi connectivity index (χ0) is 21.8. The number of rotatable bonds is 6. The average molecular weight is 436 g/mol. The van der Waals surface area contributed by atoms with Gasteiger partial charge < -0.3 is 4.90 Å². The fraction of sp³-hybridized carbons (Fsp3) is 0.417. The van der Waals surface area contributed by atoms with Crippen molar-refractivity contribution in [1.82, 2.24) is 24.6 Å². The summed E-state index contributed by atoms with van der Waals surface area (Å²) in [5.41, 5.74) is 3.15. The monoisotopic (exact) mass is 435 g/mol. The highest BCUT2D eigenvalue weighted by molar-refractivity contribution is 8.00. The normalized spacial score (nSPS) is 15.3. The third-order valence-electron chi connectivity index (χ3n) is 5.65. The van der Waals surface area contributed by atoms with E-state index >= 15 is 0 Å². The van der Waals surface area contributed by atoms with Crippen LogP contribution in [0.5, 0.6) is 0 Å². The lowest BCUT2D eigenvalue weighted by molar-refractivity contribution is -0.131. The van der Waals surface area contributed by atoms with Crippen LogP contribution < -0.4 is 0 Å². The van der Waals surface area contributed by atoms with E-state index < -0.39 is 0 Å². The number of para-hydroxylation sites is 1. The average Bonchev–Trinajstić information content (AvgIpc) is 3.22. The van der Waals surface area contributed by atoms with Crippen LogP contribution in [0, 0.1) is 0 Å². The highest BCUT2D eigenvalue weighted by Crippen LogP contribution is 2.33. The number of benzene rings is 1. The maximum atomic E-state index is 13.0. The van der Waals surface area contributed by atoms with Gasteiger partial charge in [0.25, 0.3) is 0 Å². The number of piperidine rings is 1. The molecular weight excluding hydrogens is 406 g/mol. The molecule has 6 nitrogen and oxygen atoms in total. The summed E-state index contributed by atoms with van der Waals surface area (Å²) < 4.78 is 2.08. The van der Waals surface area contributed by atoms with Crippen LogP contribution in [0.15, 0.2) is 53.9 Å². The Balaban J connectivity index is 1.73. The van der Waals surface area contributed by atoms with Crippen molar-refractivity contribution in [2.45, 2.75) is 56.4 Å². The maximum Gasteiger partial charge on any atom is 0.235 e. The van der Waals surface area contributed by atoms with E-state index in [1.54, 1.807) is 12.4 Å². The first-order valence-corrected chi connectivity index (χ1v) is 11.8. The molecule has 1 aliphatic rings. The van der Waals surface area contributed by atoms with Gasteiger partial charge in [-0.3, -0.25) is 14.3 Å². The number of amides is 1. The van der Waals surface area contributed by atoms with Gasteiger partial charge in [0.15, 0.2) is 11.0 Å². The fourth-order valence-electron chi connectivity index (χ4n) is 4.00. The van der Waals surface area contributed by atoms with Crippen molar-refractivity contribution >= 4 is 17.7 Å². The molecule has 0 radical (unpaired) electrons. The van der Waals surface area contributed by atoms with Gasteiger partial charge in [-0.2, -0.15) is 0 Å². The molecule has 31 heavy (non-hydrogen) atoms. The molecule has 1 unspecified atom stereocenters. The van der Waals surface area contributed by atoms with Crippen LogP contribution in [0.1, 0.15) is 51.5 Å². The largest absolute Gasteiger partial charge is 0.342 e. The second-order valence-corrected chi connectivity index (χ2v) is 9.55. The van der Waals surface area contributed by atoms with Gasteiger partial charge >= 0.3 is 0 Å². The zero-order valence-electron chi connectivity index (χ0n) is 18.4. The van der Waals surface area contributed by atoms with Crippen molar-refractivity contribution in [1.29, 1.82) is 0 Å². The Bertz CT molecular complexity index is 1030. The molecule has 3 heterocycles. The van der Waals surface area contributed by atoms with Crippen molar-refractivity contribution in [3.8, 4) is 17.1 Å². The number of hydrogen-bond acceptors (Lipinski definition) is 5. The molecule has 0 N–H and O–H groups in total. The predicted octanol–water partition coefficient (Wildman–Crippen LogP) is 4.95. The molecule has 1 aromatic carbocycles. The summed E-state index contributed by atoms with van der Waals surface area (Å²) in [6.07, 6.45) is 6.94. The number of carbonyl (C=O) groups is 1. The van der Waals surface area contributed by atoms with Crippen molar-refractivity contribution in [2.24, 2.45) is 0 Å². The molecule has 1 atom stereocenters. The number of nitrogens with zero attached hydrogens (tertiary/aromatic N) is 5. The number of pyridine rings is 1. The van der Waals surface area contributed by atoms with E-state index in [1.165, 1.54) is 23.7 Å². The Morgan fingerprint density at radius 2 is 1.77 bits per heavy atom. The lowest BCUT2D eigenvalue weighted by Gasteiger charge is -2.29. The van der Waals surface area contributed by atoms with Crippen LogP contribution in [0.3, 0.4) is 0 Å². The number of hydrogen-bond donors (Lipinski definition) is 0. The highest BCUT2D eigenvalue weighted by Gasteiger charge is 2.27. The maximum absolute atomic E-state index is 13.0. The topological polar surface area (TPSA) is 63.9 Å². The van der Waals surface area contributed by atoms with Crippen LogP contribution in [0.2, 0.25) is 0 Å². The summed E-state index contributed by atoms with van der Waals surface area (Å²) >= 11 is 1.48. The van der Waals surface area contributed by atoms with Gasteiger partial charge in [0.1, 0.15) is 0 Å². The molecule has 0 saturated carbocycles. The molecule has 7 heteroatoms. The van der Waals surface area contributed by atoms with E-state index in [2.05, 4.69) is 51.8 Å². The molecule has 2 aromatic heterocycles. The summed E-state index contributed by atoms with van der Waals surface area (Å²) in [6, 6.07) is 12.2. The van der Waals surface area contributed by atoms with E-state index in [0.29, 0.717) is 5.92 Å². The van der Waals surface area contributed by atoms with Crippen LogP contribution in [-0.4, -0.2) is 48.9 Å². The molecule has 0 bridgehead atoms. The van der Waals surface area contributed by atoms with E-state index in [0.717, 1.165) is 48.2 Å². The molecule has 1 saturated heterocycles. The third-order valence-corrected chi connectivity index (χ3v) is 6.68. The van der Waals surface area contributed by atoms with E-state index in [-0.39, 0.29) is 11.2 Å². The second kappa shape index (κ2) is 9.64. The van der Waals surface area contributed by atoms with Gasteiger partial charge in [-0.25, -0.2) is 0 Å². The molecule has 4 rings (SSSR count). The molecular formula is C24H29N5OS. The standard InChI is InChI=1S/C24H29N5OS/c1-17(2)20-11-5-6-12-21(20)29-22(19-10-9-13-25-16-19)26-27-24(29)31-18(3)23(30)28-14-7-4-8-15-28/h5-6,9-13,16-18H,4,7-8,14-15H2,1-3H3.